The van der Waals surface area contributed by atoms with E-state index in [0.717, 1.165) is 48.9 Å². The van der Waals surface area contributed by atoms with Crippen molar-refractivity contribution in [1.29, 1.82) is 0 Å². The van der Waals surface area contributed by atoms with Crippen molar-refractivity contribution < 1.29 is 23.9 Å². The van der Waals surface area contributed by atoms with Gasteiger partial charge in [0.25, 0.3) is 0 Å². The Labute approximate surface area is 255 Å². The number of carbonyl (C=O) groups is 3. The number of likely N-dealkylation sites (N-methyl/N-ethyl adjacent to an activating group) is 2. The summed E-state index contributed by atoms with van der Waals surface area (Å²) >= 11 is 0. The molecule has 7 heteroatoms. The van der Waals surface area contributed by atoms with Gasteiger partial charge in [0.1, 0.15) is 12.5 Å². The molecule has 42 heavy (non-hydrogen) atoms. The molecule has 0 spiro atoms. The summed E-state index contributed by atoms with van der Waals surface area (Å²) in [5, 5.41) is 0. The highest BCUT2D eigenvalue weighted by Gasteiger charge is 2.58. The maximum Gasteiger partial charge on any atom is 0.409 e. The number of unbranched alkanes of at least 4 members (excludes halogenated alkanes) is 1. The second kappa shape index (κ2) is 13.7. The van der Waals surface area contributed by atoms with Crippen molar-refractivity contribution in [1.82, 2.24) is 9.80 Å². The average Bonchev–Trinajstić information content (AvgIpc) is 3.29. The van der Waals surface area contributed by atoms with E-state index in [-0.39, 0.29) is 29.9 Å². The van der Waals surface area contributed by atoms with Crippen LogP contribution < -0.4 is 0 Å². The molecule has 0 aromatic rings. The standard InChI is InChI=1S/C35H58N2O5/c1-24(2)10-8-9-11-25-13-15-29-28-14-12-26-22-27(16-18-35(26,4)30(28)17-19-34(25,29)3)42-33(40)37(6)21-20-36(5)31(38)23-32(39)41-7/h12,24-25,27-30H,8-11,13-23H2,1-7H3. The van der Waals surface area contributed by atoms with Crippen LogP contribution in [0.25, 0.3) is 0 Å². The fourth-order valence-corrected chi connectivity index (χ4v) is 9.33. The van der Waals surface area contributed by atoms with Gasteiger partial charge in [-0.2, -0.15) is 0 Å². The molecular formula is C35H58N2O5. The van der Waals surface area contributed by atoms with Crippen molar-refractivity contribution in [3.8, 4) is 0 Å². The first-order valence-electron chi connectivity index (χ1n) is 16.8. The SMILES string of the molecule is COC(=O)CC(=O)N(C)CCN(C)C(=O)OC1CCC2(C)C(=CCC3C2CCC2(C)C(CCCCC(C)C)CCC32)C1. The molecule has 2 amide bonds. The fourth-order valence-electron chi connectivity index (χ4n) is 9.33. The first-order chi connectivity index (χ1) is 19.9. The second-order valence-corrected chi connectivity index (χ2v) is 15.0. The zero-order chi connectivity index (χ0) is 30.7. The summed E-state index contributed by atoms with van der Waals surface area (Å²) in [4.78, 5) is 39.4. The molecule has 4 rings (SSSR count). The molecule has 238 valence electrons. The number of fused-ring (bicyclic) bond motifs is 5. The molecule has 4 aliphatic carbocycles. The molecule has 0 aliphatic heterocycles. The quantitative estimate of drug-likeness (QED) is 0.110. The lowest BCUT2D eigenvalue weighted by atomic mass is 9.47. The Balaban J connectivity index is 1.29. The molecular weight excluding hydrogens is 528 g/mol. The Morgan fingerprint density at radius 1 is 0.976 bits per heavy atom. The zero-order valence-electron chi connectivity index (χ0n) is 27.6. The van der Waals surface area contributed by atoms with E-state index in [0.29, 0.717) is 18.5 Å². The fraction of sp³-hybridized carbons (Fsp3) is 0.857. The molecule has 3 saturated carbocycles. The van der Waals surface area contributed by atoms with Gasteiger partial charge < -0.3 is 19.3 Å². The van der Waals surface area contributed by atoms with E-state index in [1.165, 1.54) is 80.3 Å². The molecule has 7 atom stereocenters. The second-order valence-electron chi connectivity index (χ2n) is 15.0. The van der Waals surface area contributed by atoms with Gasteiger partial charge >= 0.3 is 12.1 Å². The minimum Gasteiger partial charge on any atom is -0.469 e. The Morgan fingerprint density at radius 2 is 1.71 bits per heavy atom. The minimum atomic E-state index is -0.561. The third-order valence-corrected chi connectivity index (χ3v) is 12.1. The summed E-state index contributed by atoms with van der Waals surface area (Å²) in [6.45, 7) is 10.5. The number of ether oxygens (including phenoxy) is 2. The topological polar surface area (TPSA) is 76.2 Å². The monoisotopic (exact) mass is 586 g/mol. The summed E-state index contributed by atoms with van der Waals surface area (Å²) in [6, 6.07) is 0. The molecule has 0 bridgehead atoms. The van der Waals surface area contributed by atoms with Crippen molar-refractivity contribution >= 4 is 18.0 Å². The predicted octanol–water partition coefficient (Wildman–Crippen LogP) is 7.24. The van der Waals surface area contributed by atoms with Gasteiger partial charge in [0.2, 0.25) is 5.91 Å². The summed E-state index contributed by atoms with van der Waals surface area (Å²) in [5.74, 6) is 3.27. The van der Waals surface area contributed by atoms with Gasteiger partial charge in [-0.15, -0.1) is 0 Å². The van der Waals surface area contributed by atoms with Crippen LogP contribution in [0.15, 0.2) is 11.6 Å². The highest BCUT2D eigenvalue weighted by atomic mass is 16.6. The molecule has 7 nitrogen and oxygen atoms in total. The van der Waals surface area contributed by atoms with Crippen LogP contribution in [0.2, 0.25) is 0 Å². The predicted molar refractivity (Wildman–Crippen MR) is 166 cm³/mol. The number of methoxy groups -OCH3 is 1. The number of hydrogen-bond donors (Lipinski definition) is 0. The van der Waals surface area contributed by atoms with Crippen LogP contribution in [0.1, 0.15) is 111 Å². The highest BCUT2D eigenvalue weighted by molar-refractivity contribution is 5.94. The van der Waals surface area contributed by atoms with Crippen LogP contribution >= 0.6 is 0 Å². The zero-order valence-corrected chi connectivity index (χ0v) is 27.6. The van der Waals surface area contributed by atoms with Gasteiger partial charge in [-0.1, -0.05) is 58.6 Å². The Hall–Kier alpha value is -2.05. The van der Waals surface area contributed by atoms with E-state index in [9.17, 15) is 14.4 Å². The maximum absolute atomic E-state index is 12.9. The average molecular weight is 587 g/mol. The molecule has 7 unspecified atom stereocenters. The summed E-state index contributed by atoms with van der Waals surface area (Å²) in [5.41, 5.74) is 2.28. The molecule has 0 heterocycles. The van der Waals surface area contributed by atoms with Crippen molar-refractivity contribution in [3.05, 3.63) is 11.6 Å². The summed E-state index contributed by atoms with van der Waals surface area (Å²) < 4.78 is 10.6. The van der Waals surface area contributed by atoms with Crippen LogP contribution in [0.3, 0.4) is 0 Å². The lowest BCUT2D eigenvalue weighted by Gasteiger charge is -2.58. The Bertz CT molecular complexity index is 1010. The summed E-state index contributed by atoms with van der Waals surface area (Å²) in [6.07, 6.45) is 17.0. The van der Waals surface area contributed by atoms with Gasteiger partial charge in [-0.05, 0) is 91.8 Å². The van der Waals surface area contributed by atoms with Gasteiger partial charge in [-0.25, -0.2) is 4.79 Å². The van der Waals surface area contributed by atoms with Crippen LogP contribution in [0.4, 0.5) is 4.79 Å². The van der Waals surface area contributed by atoms with E-state index in [4.69, 9.17) is 4.74 Å². The number of nitrogens with zero attached hydrogens (tertiary/aromatic N) is 2. The molecule has 4 aliphatic rings. The normalized spacial score (nSPS) is 33.6. The molecule has 0 N–H and O–H groups in total. The Morgan fingerprint density at radius 3 is 2.43 bits per heavy atom. The van der Waals surface area contributed by atoms with Gasteiger partial charge in [0.05, 0.1) is 7.11 Å². The number of amides is 2. The van der Waals surface area contributed by atoms with Gasteiger partial charge in [0.15, 0.2) is 0 Å². The molecule has 0 aromatic heterocycles. The van der Waals surface area contributed by atoms with E-state index in [1.54, 1.807) is 14.1 Å². The van der Waals surface area contributed by atoms with Crippen LogP contribution in [0.5, 0.6) is 0 Å². The lowest BCUT2D eigenvalue weighted by Crippen LogP contribution is -2.50. The van der Waals surface area contributed by atoms with Gasteiger partial charge in [-0.3, -0.25) is 9.59 Å². The van der Waals surface area contributed by atoms with E-state index < -0.39 is 5.97 Å². The third kappa shape index (κ3) is 7.01. The first-order valence-corrected chi connectivity index (χ1v) is 16.8. The molecule has 0 aromatic carbocycles. The number of hydrogen-bond acceptors (Lipinski definition) is 5. The van der Waals surface area contributed by atoms with Crippen LogP contribution in [-0.2, 0) is 19.1 Å². The van der Waals surface area contributed by atoms with Gasteiger partial charge in [0, 0.05) is 33.6 Å². The number of esters is 1. The molecule has 0 radical (unpaired) electrons. The first kappa shape index (κ1) is 32.9. The summed E-state index contributed by atoms with van der Waals surface area (Å²) in [7, 11) is 4.60. The number of allylic oxidation sites excluding steroid dienone is 1. The van der Waals surface area contributed by atoms with Crippen molar-refractivity contribution in [2.75, 3.05) is 34.3 Å². The number of rotatable bonds is 11. The largest absolute Gasteiger partial charge is 0.469 e. The van der Waals surface area contributed by atoms with Crippen molar-refractivity contribution in [2.24, 2.45) is 40.4 Å². The lowest BCUT2D eigenvalue weighted by molar-refractivity contribution is -0.146. The molecule has 3 fully saturated rings. The smallest absolute Gasteiger partial charge is 0.409 e. The van der Waals surface area contributed by atoms with E-state index in [2.05, 4.69) is 38.5 Å². The maximum atomic E-state index is 12.9. The van der Waals surface area contributed by atoms with E-state index in [1.807, 2.05) is 0 Å². The minimum absolute atomic E-state index is 0.0925. The third-order valence-electron chi connectivity index (χ3n) is 12.1. The highest BCUT2D eigenvalue weighted by Crippen LogP contribution is 2.66. The van der Waals surface area contributed by atoms with Crippen molar-refractivity contribution in [2.45, 2.75) is 117 Å². The van der Waals surface area contributed by atoms with E-state index >= 15 is 0 Å². The molecule has 0 saturated heterocycles. The Kier molecular flexibility index (Phi) is 10.7. The van der Waals surface area contributed by atoms with Crippen LogP contribution in [-0.4, -0.2) is 68.2 Å². The van der Waals surface area contributed by atoms with Crippen molar-refractivity contribution in [3.63, 3.8) is 0 Å². The number of carbonyl (C=O) groups excluding carboxylic acids is 3. The van der Waals surface area contributed by atoms with Crippen LogP contribution in [0, 0.1) is 40.4 Å².